The first-order valence-electron chi connectivity index (χ1n) is 7.38. The molecule has 0 bridgehead atoms. The molecule has 2 rings (SSSR count). The summed E-state index contributed by atoms with van der Waals surface area (Å²) in [6.07, 6.45) is 3.17. The number of hydrogen-bond donors (Lipinski definition) is 2. The molecule has 0 saturated carbocycles. The standard InChI is InChI=1S/C16H23BrN2O2/c1-16(2,3)21-15(20)19-14-10-11(7-8-12(14)17)13-6-4-5-9-18-13/h7-8,10,13,18H,4-6,9H2,1-3H3,(H,19,20). The molecule has 1 saturated heterocycles. The van der Waals surface area contributed by atoms with Gasteiger partial charge in [0.15, 0.2) is 0 Å². The van der Waals surface area contributed by atoms with Crippen molar-refractivity contribution in [3.8, 4) is 0 Å². The van der Waals surface area contributed by atoms with Crippen LogP contribution in [-0.2, 0) is 4.74 Å². The van der Waals surface area contributed by atoms with Crippen LogP contribution in [0.25, 0.3) is 0 Å². The third-order valence-electron chi connectivity index (χ3n) is 3.34. The van der Waals surface area contributed by atoms with E-state index in [0.29, 0.717) is 6.04 Å². The van der Waals surface area contributed by atoms with Crippen molar-refractivity contribution in [2.24, 2.45) is 0 Å². The SMILES string of the molecule is CC(C)(C)OC(=O)Nc1cc(C2CCCCN2)ccc1Br. The molecule has 1 aromatic carbocycles. The molecule has 1 heterocycles. The summed E-state index contributed by atoms with van der Waals surface area (Å²) in [5.41, 5.74) is 1.44. The van der Waals surface area contributed by atoms with E-state index in [1.54, 1.807) is 0 Å². The average molecular weight is 355 g/mol. The smallest absolute Gasteiger partial charge is 0.412 e. The predicted octanol–water partition coefficient (Wildman–Crippen LogP) is 4.61. The number of benzene rings is 1. The van der Waals surface area contributed by atoms with Crippen molar-refractivity contribution in [3.05, 3.63) is 28.2 Å². The molecule has 1 amide bonds. The Balaban J connectivity index is 2.10. The first-order chi connectivity index (χ1) is 9.85. The summed E-state index contributed by atoms with van der Waals surface area (Å²) in [7, 11) is 0. The van der Waals surface area contributed by atoms with Crippen LogP contribution in [0.1, 0.15) is 51.6 Å². The molecule has 116 valence electrons. The van der Waals surface area contributed by atoms with Crippen LogP contribution >= 0.6 is 15.9 Å². The summed E-state index contributed by atoms with van der Waals surface area (Å²) in [5.74, 6) is 0. The van der Waals surface area contributed by atoms with Gasteiger partial charge in [0, 0.05) is 10.5 Å². The van der Waals surface area contributed by atoms with E-state index in [1.165, 1.54) is 18.4 Å². The van der Waals surface area contributed by atoms with Gasteiger partial charge in [0.2, 0.25) is 0 Å². The lowest BCUT2D eigenvalue weighted by atomic mass is 9.97. The molecule has 0 radical (unpaired) electrons. The van der Waals surface area contributed by atoms with Crippen molar-refractivity contribution in [1.29, 1.82) is 0 Å². The maximum atomic E-state index is 11.9. The Bertz CT molecular complexity index is 505. The van der Waals surface area contributed by atoms with Crippen LogP contribution in [0.3, 0.4) is 0 Å². The summed E-state index contributed by atoms with van der Waals surface area (Å²) in [5, 5.41) is 6.32. The zero-order valence-electron chi connectivity index (χ0n) is 12.8. The van der Waals surface area contributed by atoms with Crippen LogP contribution in [0.15, 0.2) is 22.7 Å². The Morgan fingerprint density at radius 2 is 2.14 bits per heavy atom. The van der Waals surface area contributed by atoms with Crippen molar-refractivity contribution in [3.63, 3.8) is 0 Å². The van der Waals surface area contributed by atoms with Gasteiger partial charge in [-0.05, 0) is 73.8 Å². The van der Waals surface area contributed by atoms with Crippen molar-refractivity contribution >= 4 is 27.7 Å². The molecule has 1 aromatic rings. The molecule has 0 aromatic heterocycles. The van der Waals surface area contributed by atoms with Crippen LogP contribution < -0.4 is 10.6 Å². The Morgan fingerprint density at radius 1 is 1.38 bits per heavy atom. The number of hydrogen-bond acceptors (Lipinski definition) is 3. The number of piperidine rings is 1. The van der Waals surface area contributed by atoms with Crippen LogP contribution in [-0.4, -0.2) is 18.2 Å². The van der Waals surface area contributed by atoms with E-state index in [0.717, 1.165) is 23.1 Å². The molecule has 1 atom stereocenters. The highest BCUT2D eigenvalue weighted by molar-refractivity contribution is 9.10. The second-order valence-corrected chi connectivity index (χ2v) is 7.22. The van der Waals surface area contributed by atoms with Gasteiger partial charge in [-0.15, -0.1) is 0 Å². The summed E-state index contributed by atoms with van der Waals surface area (Å²) >= 11 is 3.47. The topological polar surface area (TPSA) is 50.4 Å². The van der Waals surface area contributed by atoms with E-state index in [-0.39, 0.29) is 0 Å². The zero-order chi connectivity index (χ0) is 15.5. The second kappa shape index (κ2) is 6.79. The van der Waals surface area contributed by atoms with E-state index in [1.807, 2.05) is 32.9 Å². The van der Waals surface area contributed by atoms with E-state index in [2.05, 4.69) is 32.6 Å². The molecule has 2 N–H and O–H groups in total. The van der Waals surface area contributed by atoms with Crippen molar-refractivity contribution < 1.29 is 9.53 Å². The molecular weight excluding hydrogens is 332 g/mol. The van der Waals surface area contributed by atoms with Crippen LogP contribution in [0.2, 0.25) is 0 Å². The Kier molecular flexibility index (Phi) is 5.27. The fraction of sp³-hybridized carbons (Fsp3) is 0.562. The fourth-order valence-corrected chi connectivity index (χ4v) is 2.75. The lowest BCUT2D eigenvalue weighted by molar-refractivity contribution is 0.0636. The lowest BCUT2D eigenvalue weighted by Crippen LogP contribution is -2.28. The second-order valence-electron chi connectivity index (χ2n) is 6.37. The Morgan fingerprint density at radius 3 is 2.76 bits per heavy atom. The molecule has 1 aliphatic heterocycles. The van der Waals surface area contributed by atoms with E-state index in [9.17, 15) is 4.79 Å². The van der Waals surface area contributed by atoms with Crippen molar-refractivity contribution in [2.75, 3.05) is 11.9 Å². The normalized spacial score (nSPS) is 19.1. The number of halogens is 1. The molecule has 21 heavy (non-hydrogen) atoms. The molecule has 5 heteroatoms. The molecule has 0 spiro atoms. The number of rotatable bonds is 2. The quantitative estimate of drug-likeness (QED) is 0.815. The Labute approximate surface area is 134 Å². The number of ether oxygens (including phenoxy) is 1. The van der Waals surface area contributed by atoms with Crippen LogP contribution in [0.5, 0.6) is 0 Å². The zero-order valence-corrected chi connectivity index (χ0v) is 14.4. The highest BCUT2D eigenvalue weighted by atomic mass is 79.9. The summed E-state index contributed by atoms with van der Waals surface area (Å²) in [6, 6.07) is 6.44. The molecular formula is C16H23BrN2O2. The van der Waals surface area contributed by atoms with Gasteiger partial charge in [-0.1, -0.05) is 12.5 Å². The maximum absolute atomic E-state index is 11.9. The van der Waals surface area contributed by atoms with Gasteiger partial charge in [-0.3, -0.25) is 5.32 Å². The minimum Gasteiger partial charge on any atom is -0.444 e. The van der Waals surface area contributed by atoms with E-state index >= 15 is 0 Å². The maximum Gasteiger partial charge on any atom is 0.412 e. The predicted molar refractivity (Wildman–Crippen MR) is 88.6 cm³/mol. The molecule has 1 fully saturated rings. The molecule has 4 nitrogen and oxygen atoms in total. The van der Waals surface area contributed by atoms with Crippen LogP contribution in [0.4, 0.5) is 10.5 Å². The first-order valence-corrected chi connectivity index (χ1v) is 8.17. The third-order valence-corrected chi connectivity index (χ3v) is 4.03. The molecule has 1 aliphatic rings. The van der Waals surface area contributed by atoms with E-state index < -0.39 is 11.7 Å². The van der Waals surface area contributed by atoms with Crippen LogP contribution in [0, 0.1) is 0 Å². The van der Waals surface area contributed by atoms with Gasteiger partial charge in [-0.2, -0.15) is 0 Å². The number of nitrogens with one attached hydrogen (secondary N) is 2. The van der Waals surface area contributed by atoms with Gasteiger partial charge < -0.3 is 10.1 Å². The van der Waals surface area contributed by atoms with Crippen molar-refractivity contribution in [2.45, 2.75) is 51.7 Å². The largest absolute Gasteiger partial charge is 0.444 e. The number of anilines is 1. The first kappa shape index (κ1) is 16.3. The van der Waals surface area contributed by atoms with Crippen molar-refractivity contribution in [1.82, 2.24) is 5.32 Å². The van der Waals surface area contributed by atoms with E-state index in [4.69, 9.17) is 4.74 Å². The number of carbonyl (C=O) groups excluding carboxylic acids is 1. The number of carbonyl (C=O) groups is 1. The van der Waals surface area contributed by atoms with Gasteiger partial charge in [0.1, 0.15) is 5.60 Å². The number of amides is 1. The van der Waals surface area contributed by atoms with Gasteiger partial charge in [0.05, 0.1) is 5.69 Å². The molecule has 1 unspecified atom stereocenters. The van der Waals surface area contributed by atoms with Gasteiger partial charge in [-0.25, -0.2) is 4.79 Å². The summed E-state index contributed by atoms with van der Waals surface area (Å²) < 4.78 is 6.15. The summed E-state index contributed by atoms with van der Waals surface area (Å²) in [4.78, 5) is 11.9. The average Bonchev–Trinajstić information content (AvgIpc) is 2.40. The summed E-state index contributed by atoms with van der Waals surface area (Å²) in [6.45, 7) is 6.60. The highest BCUT2D eigenvalue weighted by Crippen LogP contribution is 2.30. The van der Waals surface area contributed by atoms with Gasteiger partial charge >= 0.3 is 6.09 Å². The minimum absolute atomic E-state index is 0.367. The van der Waals surface area contributed by atoms with Gasteiger partial charge in [0.25, 0.3) is 0 Å². The Hall–Kier alpha value is -1.07. The lowest BCUT2D eigenvalue weighted by Gasteiger charge is -2.25. The highest BCUT2D eigenvalue weighted by Gasteiger charge is 2.19. The minimum atomic E-state index is -0.501. The fourth-order valence-electron chi connectivity index (χ4n) is 2.41. The molecule has 0 aliphatic carbocycles. The third kappa shape index (κ3) is 5.00. The monoisotopic (exact) mass is 354 g/mol.